The first-order chi connectivity index (χ1) is 8.38. The van der Waals surface area contributed by atoms with Gasteiger partial charge in [0.1, 0.15) is 5.82 Å². The molecule has 8 heteroatoms. The molecule has 0 unspecified atom stereocenters. The lowest BCUT2D eigenvalue weighted by Crippen LogP contribution is -2.15. The molecule has 96 valence electrons. The zero-order chi connectivity index (χ0) is 13.3. The van der Waals surface area contributed by atoms with Crippen molar-refractivity contribution in [1.82, 2.24) is 15.2 Å². The van der Waals surface area contributed by atoms with E-state index in [1.807, 2.05) is 0 Å². The average Bonchev–Trinajstić information content (AvgIpc) is 2.62. The summed E-state index contributed by atoms with van der Waals surface area (Å²) in [6.07, 6.45) is 0. The van der Waals surface area contributed by atoms with Gasteiger partial charge in [-0.25, -0.2) is 13.1 Å². The number of H-pyrrole nitrogens is 1. The maximum absolute atomic E-state index is 12.1. The SMILES string of the molecule is Cc1nc(NS(=O)(=O)c2ccc(Cl)cc2C)n[nH]1. The molecule has 0 radical (unpaired) electrons. The molecule has 0 saturated heterocycles. The highest BCUT2D eigenvalue weighted by Crippen LogP contribution is 2.21. The Bertz CT molecular complexity index is 681. The van der Waals surface area contributed by atoms with Crippen LogP contribution in [0, 0.1) is 13.8 Å². The summed E-state index contributed by atoms with van der Waals surface area (Å²) in [6, 6.07) is 4.55. The van der Waals surface area contributed by atoms with Crippen molar-refractivity contribution in [2.45, 2.75) is 18.7 Å². The van der Waals surface area contributed by atoms with Crippen LogP contribution < -0.4 is 4.72 Å². The van der Waals surface area contributed by atoms with E-state index >= 15 is 0 Å². The first-order valence-corrected chi connectivity index (χ1v) is 6.92. The smallest absolute Gasteiger partial charge is 0.261 e. The van der Waals surface area contributed by atoms with E-state index in [0.717, 1.165) is 0 Å². The number of aromatic nitrogens is 3. The molecule has 2 rings (SSSR count). The van der Waals surface area contributed by atoms with Gasteiger partial charge in [0.2, 0.25) is 0 Å². The molecular weight excluding hydrogens is 276 g/mol. The Morgan fingerprint density at radius 1 is 1.33 bits per heavy atom. The monoisotopic (exact) mass is 286 g/mol. The summed E-state index contributed by atoms with van der Waals surface area (Å²) in [5, 5.41) is 6.76. The molecule has 2 N–H and O–H groups in total. The Morgan fingerprint density at radius 2 is 2.06 bits per heavy atom. The van der Waals surface area contributed by atoms with Crippen molar-refractivity contribution in [2.75, 3.05) is 4.72 Å². The highest BCUT2D eigenvalue weighted by molar-refractivity contribution is 7.92. The van der Waals surface area contributed by atoms with Crippen molar-refractivity contribution in [1.29, 1.82) is 0 Å². The van der Waals surface area contributed by atoms with Crippen LogP contribution in [0.5, 0.6) is 0 Å². The molecule has 0 aliphatic carbocycles. The van der Waals surface area contributed by atoms with E-state index in [-0.39, 0.29) is 10.8 Å². The number of anilines is 1. The number of nitrogens with one attached hydrogen (secondary N) is 2. The van der Waals surface area contributed by atoms with Crippen molar-refractivity contribution in [3.8, 4) is 0 Å². The number of aromatic amines is 1. The number of nitrogens with zero attached hydrogens (tertiary/aromatic N) is 2. The standard InChI is InChI=1S/C10H11ClN4O2S/c1-6-5-8(11)3-4-9(6)18(16,17)15-10-12-7(2)13-14-10/h3-5H,1-2H3,(H2,12,13,14,15). The predicted octanol–water partition coefficient (Wildman–Crippen LogP) is 1.88. The average molecular weight is 287 g/mol. The normalized spacial score (nSPS) is 11.5. The van der Waals surface area contributed by atoms with Gasteiger partial charge in [0.15, 0.2) is 0 Å². The van der Waals surface area contributed by atoms with E-state index in [1.165, 1.54) is 12.1 Å². The van der Waals surface area contributed by atoms with Gasteiger partial charge < -0.3 is 0 Å². The lowest BCUT2D eigenvalue weighted by atomic mass is 10.2. The molecule has 0 aliphatic rings. The van der Waals surface area contributed by atoms with Gasteiger partial charge in [-0.15, -0.1) is 5.10 Å². The molecule has 0 aliphatic heterocycles. The van der Waals surface area contributed by atoms with Gasteiger partial charge in [-0.05, 0) is 37.6 Å². The molecule has 0 bridgehead atoms. The first kappa shape index (κ1) is 12.8. The minimum atomic E-state index is -3.70. The van der Waals surface area contributed by atoms with Crippen LogP contribution in [0.15, 0.2) is 23.1 Å². The quantitative estimate of drug-likeness (QED) is 0.902. The highest BCUT2D eigenvalue weighted by Gasteiger charge is 2.18. The summed E-state index contributed by atoms with van der Waals surface area (Å²) in [6.45, 7) is 3.35. The minimum Gasteiger partial charge on any atom is -0.261 e. The molecule has 1 heterocycles. The maximum Gasteiger partial charge on any atom is 0.264 e. The van der Waals surface area contributed by atoms with Crippen LogP contribution in [0.25, 0.3) is 0 Å². The zero-order valence-corrected chi connectivity index (χ0v) is 11.3. The highest BCUT2D eigenvalue weighted by atomic mass is 35.5. The van der Waals surface area contributed by atoms with E-state index in [9.17, 15) is 8.42 Å². The van der Waals surface area contributed by atoms with E-state index in [0.29, 0.717) is 16.4 Å². The summed E-state index contributed by atoms with van der Waals surface area (Å²) in [7, 11) is -3.70. The Labute approximate surface area is 109 Å². The van der Waals surface area contributed by atoms with Gasteiger partial charge in [0.05, 0.1) is 4.90 Å². The maximum atomic E-state index is 12.1. The van der Waals surface area contributed by atoms with Gasteiger partial charge in [-0.2, -0.15) is 4.98 Å². The number of hydrogen-bond donors (Lipinski definition) is 2. The second kappa shape index (κ2) is 4.58. The lowest BCUT2D eigenvalue weighted by molar-refractivity contribution is 0.600. The molecule has 0 spiro atoms. The van der Waals surface area contributed by atoms with E-state index in [2.05, 4.69) is 19.9 Å². The topological polar surface area (TPSA) is 87.7 Å². The van der Waals surface area contributed by atoms with Gasteiger partial charge in [-0.1, -0.05) is 11.6 Å². The molecule has 2 aromatic rings. The van der Waals surface area contributed by atoms with E-state index in [4.69, 9.17) is 11.6 Å². The van der Waals surface area contributed by atoms with Crippen LogP contribution in [0.2, 0.25) is 5.02 Å². The number of sulfonamides is 1. The van der Waals surface area contributed by atoms with Crippen molar-refractivity contribution in [2.24, 2.45) is 0 Å². The Morgan fingerprint density at radius 3 is 2.61 bits per heavy atom. The van der Waals surface area contributed by atoms with Crippen LogP contribution >= 0.6 is 11.6 Å². The van der Waals surface area contributed by atoms with Crippen molar-refractivity contribution in [3.63, 3.8) is 0 Å². The third kappa shape index (κ3) is 2.62. The third-order valence-corrected chi connectivity index (χ3v) is 3.97. The number of hydrogen-bond acceptors (Lipinski definition) is 4. The Hall–Kier alpha value is -1.60. The molecule has 0 fully saturated rings. The molecular formula is C10H11ClN4O2S. The second-order valence-corrected chi connectivity index (χ2v) is 5.85. The fourth-order valence-electron chi connectivity index (χ4n) is 1.48. The molecule has 6 nitrogen and oxygen atoms in total. The van der Waals surface area contributed by atoms with Gasteiger partial charge >= 0.3 is 0 Å². The lowest BCUT2D eigenvalue weighted by Gasteiger charge is -2.07. The van der Waals surface area contributed by atoms with Crippen LogP contribution in [0.4, 0.5) is 5.95 Å². The third-order valence-electron chi connectivity index (χ3n) is 2.25. The van der Waals surface area contributed by atoms with Gasteiger partial charge in [0, 0.05) is 5.02 Å². The summed E-state index contributed by atoms with van der Waals surface area (Å²) >= 11 is 5.79. The molecule has 1 aromatic heterocycles. The van der Waals surface area contributed by atoms with Crippen LogP contribution in [-0.4, -0.2) is 23.6 Å². The molecule has 0 amide bonds. The van der Waals surface area contributed by atoms with Crippen LogP contribution in [0.1, 0.15) is 11.4 Å². The number of halogens is 1. The number of aryl methyl sites for hydroxylation is 2. The van der Waals surface area contributed by atoms with Crippen molar-refractivity contribution < 1.29 is 8.42 Å². The minimum absolute atomic E-state index is 0.0156. The molecule has 18 heavy (non-hydrogen) atoms. The predicted molar refractivity (Wildman–Crippen MR) is 68.1 cm³/mol. The molecule has 0 saturated carbocycles. The fraction of sp³-hybridized carbons (Fsp3) is 0.200. The van der Waals surface area contributed by atoms with Crippen LogP contribution in [0.3, 0.4) is 0 Å². The van der Waals surface area contributed by atoms with Crippen molar-refractivity contribution >= 4 is 27.6 Å². The van der Waals surface area contributed by atoms with Gasteiger partial charge in [0.25, 0.3) is 16.0 Å². The Balaban J connectivity index is 2.36. The molecule has 1 aromatic carbocycles. The van der Waals surface area contributed by atoms with E-state index in [1.54, 1.807) is 19.9 Å². The summed E-state index contributed by atoms with van der Waals surface area (Å²) in [4.78, 5) is 4.03. The zero-order valence-electron chi connectivity index (χ0n) is 9.73. The largest absolute Gasteiger partial charge is 0.264 e. The summed E-state index contributed by atoms with van der Waals surface area (Å²) in [5.74, 6) is 0.544. The summed E-state index contributed by atoms with van der Waals surface area (Å²) < 4.78 is 26.5. The van der Waals surface area contributed by atoms with E-state index < -0.39 is 10.0 Å². The fourth-order valence-corrected chi connectivity index (χ4v) is 2.88. The van der Waals surface area contributed by atoms with Crippen molar-refractivity contribution in [3.05, 3.63) is 34.6 Å². The summed E-state index contributed by atoms with van der Waals surface area (Å²) in [5.41, 5.74) is 0.558. The number of rotatable bonds is 3. The van der Waals surface area contributed by atoms with Crippen LogP contribution in [-0.2, 0) is 10.0 Å². The number of benzene rings is 1. The first-order valence-electron chi connectivity index (χ1n) is 5.06. The second-order valence-electron chi connectivity index (χ2n) is 3.76. The van der Waals surface area contributed by atoms with Gasteiger partial charge in [-0.3, -0.25) is 5.10 Å². The Kier molecular flexibility index (Phi) is 3.27. The molecule has 0 atom stereocenters.